The van der Waals surface area contributed by atoms with Gasteiger partial charge in [-0.2, -0.15) is 5.10 Å². The first-order chi connectivity index (χ1) is 10.1. The third-order valence-electron chi connectivity index (χ3n) is 3.26. The van der Waals surface area contributed by atoms with E-state index in [9.17, 15) is 4.79 Å². The average molecular weight is 321 g/mol. The number of aryl methyl sites for hydroxylation is 1. The van der Waals surface area contributed by atoms with E-state index in [2.05, 4.69) is 10.4 Å². The molecule has 0 aliphatic heterocycles. The fourth-order valence-corrected chi connectivity index (χ4v) is 3.52. The summed E-state index contributed by atoms with van der Waals surface area (Å²) >= 11 is 7.49. The Labute approximate surface area is 130 Å². The Kier molecular flexibility index (Phi) is 3.57. The van der Waals surface area contributed by atoms with Crippen LogP contribution in [-0.2, 0) is 13.6 Å². The molecule has 0 aliphatic rings. The van der Waals surface area contributed by atoms with Crippen LogP contribution in [0.15, 0.2) is 30.5 Å². The summed E-state index contributed by atoms with van der Waals surface area (Å²) in [4.78, 5) is 12.8. The highest BCUT2D eigenvalue weighted by molar-refractivity contribution is 7.21. The van der Waals surface area contributed by atoms with Gasteiger partial charge in [0, 0.05) is 23.3 Å². The van der Waals surface area contributed by atoms with Crippen molar-refractivity contribution in [1.82, 2.24) is 15.1 Å². The summed E-state index contributed by atoms with van der Waals surface area (Å²) < 4.78 is 2.62. The monoisotopic (exact) mass is 320 g/mol. The van der Waals surface area contributed by atoms with Gasteiger partial charge in [0.1, 0.15) is 4.88 Å². The Hall–Kier alpha value is -2.05. The van der Waals surface area contributed by atoms with Gasteiger partial charge in [-0.25, -0.2) is 0 Å². The normalized spacial score (nSPS) is 11.0. The zero-order valence-electron chi connectivity index (χ0n) is 11.3. The molecule has 0 saturated heterocycles. The number of carbonyl (C=O) groups is 1. The van der Waals surface area contributed by atoms with Crippen molar-refractivity contribution in [1.29, 1.82) is 0 Å². The minimum Gasteiger partial charge on any atom is -0.397 e. The molecular weight excluding hydrogens is 308 g/mol. The molecule has 0 fully saturated rings. The zero-order valence-corrected chi connectivity index (χ0v) is 12.8. The summed E-state index contributed by atoms with van der Waals surface area (Å²) in [6.07, 6.45) is 1.69. The third kappa shape index (κ3) is 2.48. The van der Waals surface area contributed by atoms with Gasteiger partial charge in [-0.15, -0.1) is 11.3 Å². The Morgan fingerprint density at radius 3 is 2.95 bits per heavy atom. The van der Waals surface area contributed by atoms with Gasteiger partial charge in [0.15, 0.2) is 0 Å². The Balaban J connectivity index is 1.87. The molecule has 3 rings (SSSR count). The SMILES string of the molecule is Cn1nccc1CNC(=O)c1sc2cccc(Cl)c2c1N. The van der Waals surface area contributed by atoms with Crippen LogP contribution < -0.4 is 11.1 Å². The molecule has 1 aromatic carbocycles. The lowest BCUT2D eigenvalue weighted by Crippen LogP contribution is -2.23. The number of hydrogen-bond acceptors (Lipinski definition) is 4. The van der Waals surface area contributed by atoms with Gasteiger partial charge in [-0.1, -0.05) is 17.7 Å². The number of thiophene rings is 1. The lowest BCUT2D eigenvalue weighted by atomic mass is 10.2. The number of carbonyl (C=O) groups excluding carboxylic acids is 1. The number of anilines is 1. The number of nitrogens with one attached hydrogen (secondary N) is 1. The first kappa shape index (κ1) is 13.9. The van der Waals surface area contributed by atoms with Gasteiger partial charge in [-0.05, 0) is 18.2 Å². The average Bonchev–Trinajstić information content (AvgIpc) is 3.01. The highest BCUT2D eigenvalue weighted by Crippen LogP contribution is 2.37. The summed E-state index contributed by atoms with van der Waals surface area (Å²) in [7, 11) is 1.83. The molecule has 7 heteroatoms. The van der Waals surface area contributed by atoms with Crippen LogP contribution in [0.4, 0.5) is 5.69 Å². The molecule has 2 heterocycles. The largest absolute Gasteiger partial charge is 0.397 e. The van der Waals surface area contributed by atoms with Gasteiger partial charge in [0.05, 0.1) is 22.9 Å². The van der Waals surface area contributed by atoms with Gasteiger partial charge < -0.3 is 11.1 Å². The molecule has 21 heavy (non-hydrogen) atoms. The topological polar surface area (TPSA) is 72.9 Å². The highest BCUT2D eigenvalue weighted by Gasteiger charge is 2.18. The number of nitrogens with zero attached hydrogens (tertiary/aromatic N) is 2. The lowest BCUT2D eigenvalue weighted by Gasteiger charge is -2.05. The fraction of sp³-hybridized carbons (Fsp3) is 0.143. The van der Waals surface area contributed by atoms with E-state index >= 15 is 0 Å². The first-order valence-electron chi connectivity index (χ1n) is 6.29. The molecule has 1 amide bonds. The van der Waals surface area contributed by atoms with E-state index in [1.165, 1.54) is 11.3 Å². The number of benzene rings is 1. The molecule has 0 spiro atoms. The summed E-state index contributed by atoms with van der Waals surface area (Å²) in [5.74, 6) is -0.203. The molecule has 0 unspecified atom stereocenters. The molecule has 0 saturated carbocycles. The number of nitrogens with two attached hydrogens (primary N) is 1. The second kappa shape index (κ2) is 5.38. The van der Waals surface area contributed by atoms with Crippen LogP contribution in [0.5, 0.6) is 0 Å². The van der Waals surface area contributed by atoms with Crippen LogP contribution >= 0.6 is 22.9 Å². The summed E-state index contributed by atoms with van der Waals surface area (Å²) in [6, 6.07) is 7.37. The number of nitrogen functional groups attached to an aromatic ring is 1. The lowest BCUT2D eigenvalue weighted by molar-refractivity contribution is 0.0955. The van der Waals surface area contributed by atoms with Crippen molar-refractivity contribution in [2.24, 2.45) is 7.05 Å². The van der Waals surface area contributed by atoms with Crippen LogP contribution in [0.25, 0.3) is 10.1 Å². The predicted molar refractivity (Wildman–Crippen MR) is 85.6 cm³/mol. The van der Waals surface area contributed by atoms with Gasteiger partial charge in [0.25, 0.3) is 5.91 Å². The van der Waals surface area contributed by atoms with E-state index in [0.29, 0.717) is 22.1 Å². The second-order valence-electron chi connectivity index (χ2n) is 4.59. The van der Waals surface area contributed by atoms with E-state index in [1.807, 2.05) is 25.2 Å². The second-order valence-corrected chi connectivity index (χ2v) is 6.05. The Morgan fingerprint density at radius 2 is 2.29 bits per heavy atom. The van der Waals surface area contributed by atoms with E-state index in [1.54, 1.807) is 16.9 Å². The van der Waals surface area contributed by atoms with E-state index in [0.717, 1.165) is 15.8 Å². The van der Waals surface area contributed by atoms with E-state index in [4.69, 9.17) is 17.3 Å². The van der Waals surface area contributed by atoms with Crippen molar-refractivity contribution in [2.45, 2.75) is 6.54 Å². The number of rotatable bonds is 3. The summed E-state index contributed by atoms with van der Waals surface area (Å²) in [5.41, 5.74) is 7.42. The molecule has 3 N–H and O–H groups in total. The molecule has 0 aliphatic carbocycles. The molecule has 2 aromatic heterocycles. The molecule has 0 bridgehead atoms. The number of halogens is 1. The molecule has 3 aromatic rings. The molecular formula is C14H13ClN4OS. The minimum absolute atomic E-state index is 0.203. The van der Waals surface area contributed by atoms with E-state index < -0.39 is 0 Å². The van der Waals surface area contributed by atoms with Crippen molar-refractivity contribution in [3.8, 4) is 0 Å². The molecule has 0 atom stereocenters. The van der Waals surface area contributed by atoms with Crippen LogP contribution in [0.2, 0.25) is 5.02 Å². The number of hydrogen-bond donors (Lipinski definition) is 2. The quantitative estimate of drug-likeness (QED) is 0.779. The predicted octanol–water partition coefficient (Wildman–Crippen LogP) is 2.80. The maximum absolute atomic E-state index is 12.3. The molecule has 5 nitrogen and oxygen atoms in total. The van der Waals surface area contributed by atoms with Gasteiger partial charge in [0.2, 0.25) is 0 Å². The van der Waals surface area contributed by atoms with E-state index in [-0.39, 0.29) is 5.91 Å². The summed E-state index contributed by atoms with van der Waals surface area (Å²) in [6.45, 7) is 0.400. The van der Waals surface area contributed by atoms with Crippen molar-refractivity contribution in [2.75, 3.05) is 5.73 Å². The van der Waals surface area contributed by atoms with Crippen molar-refractivity contribution < 1.29 is 4.79 Å². The van der Waals surface area contributed by atoms with Crippen LogP contribution in [0, 0.1) is 0 Å². The van der Waals surface area contributed by atoms with Crippen molar-refractivity contribution in [3.05, 3.63) is 46.1 Å². The van der Waals surface area contributed by atoms with Crippen molar-refractivity contribution >= 4 is 44.6 Å². The molecule has 108 valence electrons. The van der Waals surface area contributed by atoms with Crippen LogP contribution in [0.3, 0.4) is 0 Å². The smallest absolute Gasteiger partial charge is 0.263 e. The zero-order chi connectivity index (χ0) is 15.0. The minimum atomic E-state index is -0.203. The number of aromatic nitrogens is 2. The first-order valence-corrected chi connectivity index (χ1v) is 7.49. The standard InChI is InChI=1S/C14H13ClN4OS/c1-19-8(5-6-18-19)7-17-14(20)13-12(16)11-9(15)3-2-4-10(11)21-13/h2-6H,7,16H2,1H3,(H,17,20). The number of amides is 1. The fourth-order valence-electron chi connectivity index (χ4n) is 2.12. The number of fused-ring (bicyclic) bond motifs is 1. The molecule has 0 radical (unpaired) electrons. The third-order valence-corrected chi connectivity index (χ3v) is 4.74. The van der Waals surface area contributed by atoms with Gasteiger partial charge in [-0.3, -0.25) is 9.48 Å². The van der Waals surface area contributed by atoms with Gasteiger partial charge >= 0.3 is 0 Å². The van der Waals surface area contributed by atoms with Crippen LogP contribution in [-0.4, -0.2) is 15.7 Å². The van der Waals surface area contributed by atoms with Crippen molar-refractivity contribution in [3.63, 3.8) is 0 Å². The maximum Gasteiger partial charge on any atom is 0.263 e. The Bertz CT molecular complexity index is 824. The Morgan fingerprint density at radius 1 is 1.48 bits per heavy atom. The highest BCUT2D eigenvalue weighted by atomic mass is 35.5. The maximum atomic E-state index is 12.3. The van der Waals surface area contributed by atoms with Crippen LogP contribution in [0.1, 0.15) is 15.4 Å². The summed E-state index contributed by atoms with van der Waals surface area (Å²) in [5, 5.41) is 8.22.